The predicted molar refractivity (Wildman–Crippen MR) is 57.9 cm³/mol. The molecule has 11 heavy (non-hydrogen) atoms. The molecule has 0 heterocycles. The highest BCUT2D eigenvalue weighted by Crippen LogP contribution is 2.16. The van der Waals surface area contributed by atoms with Gasteiger partial charge in [-0.25, -0.2) is 0 Å². The first kappa shape index (κ1) is 9.48. The van der Waals surface area contributed by atoms with Crippen molar-refractivity contribution in [1.29, 1.82) is 0 Å². The van der Waals surface area contributed by atoms with Gasteiger partial charge in [0.2, 0.25) is 0 Å². The summed E-state index contributed by atoms with van der Waals surface area (Å²) < 4.78 is 1.19. The van der Waals surface area contributed by atoms with E-state index < -0.39 is 0 Å². The van der Waals surface area contributed by atoms with Gasteiger partial charge in [-0.15, -0.1) is 0 Å². The van der Waals surface area contributed by atoms with Gasteiger partial charge in [-0.3, -0.25) is 0 Å². The van der Waals surface area contributed by atoms with Gasteiger partial charge in [0.15, 0.2) is 0 Å². The number of hydrogen-bond acceptors (Lipinski definition) is 1. The van der Waals surface area contributed by atoms with Crippen LogP contribution in [0.25, 0.3) is 0 Å². The standard InChI is InChI=1S/C8H8BrIO/c9-5-8(11)6-1-3-7(10)4-2-6/h1-4,8,11H,5H2. The Balaban J connectivity index is 2.81. The van der Waals surface area contributed by atoms with Crippen LogP contribution in [-0.4, -0.2) is 10.4 Å². The lowest BCUT2D eigenvalue weighted by Gasteiger charge is -2.05. The molecule has 60 valence electrons. The number of rotatable bonds is 2. The van der Waals surface area contributed by atoms with Crippen molar-refractivity contribution in [2.45, 2.75) is 6.10 Å². The van der Waals surface area contributed by atoms with Gasteiger partial charge in [0.25, 0.3) is 0 Å². The maximum absolute atomic E-state index is 9.37. The molecule has 0 radical (unpaired) electrons. The Hall–Kier alpha value is 0.390. The van der Waals surface area contributed by atoms with E-state index in [1.54, 1.807) is 0 Å². The number of aliphatic hydroxyl groups excluding tert-OH is 1. The van der Waals surface area contributed by atoms with E-state index in [-0.39, 0.29) is 6.10 Å². The van der Waals surface area contributed by atoms with Crippen molar-refractivity contribution < 1.29 is 5.11 Å². The zero-order valence-corrected chi connectivity index (χ0v) is 9.54. The van der Waals surface area contributed by atoms with Crippen LogP contribution in [0.15, 0.2) is 24.3 Å². The Kier molecular flexibility index (Phi) is 3.81. The second-order valence-electron chi connectivity index (χ2n) is 2.22. The highest BCUT2D eigenvalue weighted by Gasteiger charge is 2.03. The van der Waals surface area contributed by atoms with Crippen LogP contribution in [0.2, 0.25) is 0 Å². The van der Waals surface area contributed by atoms with E-state index in [9.17, 15) is 5.11 Å². The van der Waals surface area contributed by atoms with Gasteiger partial charge in [-0.05, 0) is 40.3 Å². The average Bonchev–Trinajstić information content (AvgIpc) is 2.05. The average molecular weight is 327 g/mol. The molecule has 0 saturated carbocycles. The molecule has 0 aliphatic heterocycles. The van der Waals surface area contributed by atoms with Gasteiger partial charge in [0, 0.05) is 8.90 Å². The molecule has 0 spiro atoms. The van der Waals surface area contributed by atoms with Crippen molar-refractivity contribution in [2.24, 2.45) is 0 Å². The molecule has 1 aromatic rings. The Labute approximate surface area is 88.1 Å². The smallest absolute Gasteiger partial charge is 0.0886 e. The predicted octanol–water partition coefficient (Wildman–Crippen LogP) is 2.72. The Morgan fingerprint density at radius 2 is 1.91 bits per heavy atom. The molecular formula is C8H8BrIO. The molecule has 1 rings (SSSR count). The third-order valence-electron chi connectivity index (χ3n) is 1.40. The van der Waals surface area contributed by atoms with Gasteiger partial charge >= 0.3 is 0 Å². The quantitative estimate of drug-likeness (QED) is 0.654. The first-order chi connectivity index (χ1) is 5.24. The number of alkyl halides is 1. The Bertz CT molecular complexity index is 222. The fourth-order valence-electron chi connectivity index (χ4n) is 0.774. The number of benzene rings is 1. The Morgan fingerprint density at radius 3 is 2.36 bits per heavy atom. The van der Waals surface area contributed by atoms with E-state index >= 15 is 0 Å². The van der Waals surface area contributed by atoms with Crippen LogP contribution in [0.4, 0.5) is 0 Å². The molecule has 0 aliphatic rings. The molecule has 3 heteroatoms. The summed E-state index contributed by atoms with van der Waals surface area (Å²) in [6.45, 7) is 0. The lowest BCUT2D eigenvalue weighted by atomic mass is 10.1. The van der Waals surface area contributed by atoms with E-state index in [0.29, 0.717) is 5.33 Å². The largest absolute Gasteiger partial charge is 0.388 e. The molecule has 0 saturated heterocycles. The Morgan fingerprint density at radius 1 is 1.36 bits per heavy atom. The van der Waals surface area contributed by atoms with Crippen molar-refractivity contribution in [3.63, 3.8) is 0 Å². The molecule has 0 bridgehead atoms. The summed E-state index contributed by atoms with van der Waals surface area (Å²) in [7, 11) is 0. The van der Waals surface area contributed by atoms with Crippen LogP contribution in [0.1, 0.15) is 11.7 Å². The van der Waals surface area contributed by atoms with Crippen molar-refractivity contribution >= 4 is 38.5 Å². The minimum Gasteiger partial charge on any atom is -0.388 e. The highest BCUT2D eigenvalue weighted by molar-refractivity contribution is 14.1. The molecule has 1 unspecified atom stereocenters. The summed E-state index contributed by atoms with van der Waals surface area (Å²) in [5.74, 6) is 0. The van der Waals surface area contributed by atoms with E-state index in [4.69, 9.17) is 0 Å². The normalized spacial score (nSPS) is 13.0. The van der Waals surface area contributed by atoms with Crippen molar-refractivity contribution in [3.8, 4) is 0 Å². The molecule has 0 amide bonds. The summed E-state index contributed by atoms with van der Waals surface area (Å²) in [4.78, 5) is 0. The van der Waals surface area contributed by atoms with E-state index in [2.05, 4.69) is 38.5 Å². The maximum Gasteiger partial charge on any atom is 0.0886 e. The van der Waals surface area contributed by atoms with Gasteiger partial charge < -0.3 is 5.11 Å². The molecule has 1 N–H and O–H groups in total. The minimum absolute atomic E-state index is 0.382. The van der Waals surface area contributed by atoms with Crippen LogP contribution in [0, 0.1) is 3.57 Å². The van der Waals surface area contributed by atoms with Crippen molar-refractivity contribution in [1.82, 2.24) is 0 Å². The minimum atomic E-state index is -0.382. The topological polar surface area (TPSA) is 20.2 Å². The van der Waals surface area contributed by atoms with E-state index in [0.717, 1.165) is 5.56 Å². The van der Waals surface area contributed by atoms with Crippen LogP contribution in [0.3, 0.4) is 0 Å². The lowest BCUT2D eigenvalue weighted by Crippen LogP contribution is -1.97. The summed E-state index contributed by atoms with van der Waals surface area (Å²) in [6, 6.07) is 7.85. The summed E-state index contributed by atoms with van der Waals surface area (Å²) in [5, 5.41) is 9.96. The SMILES string of the molecule is OC(CBr)c1ccc(I)cc1. The monoisotopic (exact) mass is 326 g/mol. The number of halogens is 2. The van der Waals surface area contributed by atoms with Gasteiger partial charge in [0.1, 0.15) is 0 Å². The fraction of sp³-hybridized carbons (Fsp3) is 0.250. The molecular weight excluding hydrogens is 319 g/mol. The molecule has 1 atom stereocenters. The van der Waals surface area contributed by atoms with Crippen LogP contribution in [0.5, 0.6) is 0 Å². The van der Waals surface area contributed by atoms with Gasteiger partial charge in [-0.2, -0.15) is 0 Å². The molecule has 1 aromatic carbocycles. The van der Waals surface area contributed by atoms with Gasteiger partial charge in [-0.1, -0.05) is 28.1 Å². The molecule has 1 nitrogen and oxygen atoms in total. The van der Waals surface area contributed by atoms with Crippen molar-refractivity contribution in [3.05, 3.63) is 33.4 Å². The molecule has 0 fully saturated rings. The second-order valence-corrected chi connectivity index (χ2v) is 4.11. The molecule has 0 aliphatic carbocycles. The summed E-state index contributed by atoms with van der Waals surface area (Å²) in [6.07, 6.45) is -0.382. The van der Waals surface area contributed by atoms with Gasteiger partial charge in [0.05, 0.1) is 6.10 Å². The van der Waals surface area contributed by atoms with Crippen LogP contribution in [-0.2, 0) is 0 Å². The second kappa shape index (κ2) is 4.42. The zero-order chi connectivity index (χ0) is 8.27. The van der Waals surface area contributed by atoms with Crippen molar-refractivity contribution in [2.75, 3.05) is 5.33 Å². The third kappa shape index (κ3) is 2.72. The van der Waals surface area contributed by atoms with Crippen LogP contribution < -0.4 is 0 Å². The van der Waals surface area contributed by atoms with E-state index in [1.165, 1.54) is 3.57 Å². The zero-order valence-electron chi connectivity index (χ0n) is 5.80. The lowest BCUT2D eigenvalue weighted by molar-refractivity contribution is 0.205. The first-order valence-corrected chi connectivity index (χ1v) is 5.43. The fourth-order valence-corrected chi connectivity index (χ4v) is 1.51. The maximum atomic E-state index is 9.37. The van der Waals surface area contributed by atoms with E-state index in [1.807, 2.05) is 24.3 Å². The number of hydrogen-bond donors (Lipinski definition) is 1. The number of aliphatic hydroxyl groups is 1. The third-order valence-corrected chi connectivity index (χ3v) is 2.73. The molecule has 0 aromatic heterocycles. The highest BCUT2D eigenvalue weighted by atomic mass is 127. The summed E-state index contributed by atoms with van der Waals surface area (Å²) in [5.41, 5.74) is 0.960. The first-order valence-electron chi connectivity index (χ1n) is 3.23. The summed E-state index contributed by atoms with van der Waals surface area (Å²) >= 11 is 5.46. The van der Waals surface area contributed by atoms with Crippen LogP contribution >= 0.6 is 38.5 Å².